The molecule has 76 valence electrons. The van der Waals surface area contributed by atoms with Gasteiger partial charge in [0.05, 0.1) is 12.5 Å². The molecule has 0 aliphatic heterocycles. The Morgan fingerprint density at radius 3 is 2.64 bits per heavy atom. The molecule has 0 aromatic heterocycles. The molecule has 0 unspecified atom stereocenters. The molecule has 0 aliphatic carbocycles. The smallest absolute Gasteiger partial charge is 0.119 e. The largest absolute Gasteiger partial charge is 0.493 e. The molecule has 0 heterocycles. The molecule has 1 aromatic rings. The van der Waals surface area contributed by atoms with E-state index in [1.165, 1.54) is 5.56 Å². The number of aryl methyl sites for hydroxylation is 1. The average molecular weight is 191 g/mol. The van der Waals surface area contributed by atoms with Crippen LogP contribution < -0.4 is 4.74 Å². The second-order valence-corrected chi connectivity index (χ2v) is 2.57. The van der Waals surface area contributed by atoms with Crippen molar-refractivity contribution in [2.75, 3.05) is 6.61 Å². The van der Waals surface area contributed by atoms with Gasteiger partial charge in [-0.2, -0.15) is 5.26 Å². The van der Waals surface area contributed by atoms with Crippen molar-refractivity contribution in [3.63, 3.8) is 0 Å². The Morgan fingerprint density at radius 1 is 1.36 bits per heavy atom. The van der Waals surface area contributed by atoms with Crippen molar-refractivity contribution < 1.29 is 4.74 Å². The van der Waals surface area contributed by atoms with Crippen LogP contribution in [0.1, 0.15) is 25.8 Å². The fourth-order valence-corrected chi connectivity index (χ4v) is 0.920. The molecule has 0 radical (unpaired) electrons. The van der Waals surface area contributed by atoms with Crippen molar-refractivity contribution in [1.29, 1.82) is 5.26 Å². The minimum Gasteiger partial charge on any atom is -0.493 e. The summed E-state index contributed by atoms with van der Waals surface area (Å²) in [6, 6.07) is 9.83. The van der Waals surface area contributed by atoms with Crippen LogP contribution in [-0.2, 0) is 0 Å². The van der Waals surface area contributed by atoms with Gasteiger partial charge in [0, 0.05) is 0 Å². The number of nitrogens with zero attached hydrogens (tertiary/aromatic N) is 1. The lowest BCUT2D eigenvalue weighted by atomic mass is 10.2. The summed E-state index contributed by atoms with van der Waals surface area (Å²) in [4.78, 5) is 0. The molecule has 0 fully saturated rings. The SMILES string of the molecule is CC.Cc1cccc(OCCC#N)c1. The number of hydrogen-bond donors (Lipinski definition) is 0. The molecule has 0 amide bonds. The topological polar surface area (TPSA) is 33.0 Å². The van der Waals surface area contributed by atoms with Crippen molar-refractivity contribution in [3.8, 4) is 11.8 Å². The summed E-state index contributed by atoms with van der Waals surface area (Å²) in [5, 5.41) is 8.27. The molecule has 0 aliphatic rings. The average Bonchev–Trinajstić information content (AvgIpc) is 2.21. The van der Waals surface area contributed by atoms with Gasteiger partial charge in [-0.15, -0.1) is 0 Å². The molecule has 1 aromatic carbocycles. The van der Waals surface area contributed by atoms with Gasteiger partial charge in [0.15, 0.2) is 0 Å². The van der Waals surface area contributed by atoms with Crippen molar-refractivity contribution in [3.05, 3.63) is 29.8 Å². The lowest BCUT2D eigenvalue weighted by Crippen LogP contribution is -1.95. The standard InChI is InChI=1S/C10H11NO.C2H6/c1-9-4-2-5-10(8-9)12-7-3-6-11;1-2/h2,4-5,8H,3,7H2,1H3;1-2H3. The van der Waals surface area contributed by atoms with E-state index in [9.17, 15) is 0 Å². The second kappa shape index (κ2) is 8.12. The van der Waals surface area contributed by atoms with Crippen LogP contribution in [0.5, 0.6) is 5.75 Å². The van der Waals surface area contributed by atoms with Gasteiger partial charge in [0.1, 0.15) is 12.4 Å². The summed E-state index contributed by atoms with van der Waals surface area (Å²) in [5.74, 6) is 0.838. The highest BCUT2D eigenvalue weighted by Crippen LogP contribution is 2.12. The van der Waals surface area contributed by atoms with Crippen LogP contribution >= 0.6 is 0 Å². The fourth-order valence-electron chi connectivity index (χ4n) is 0.920. The highest BCUT2D eigenvalue weighted by atomic mass is 16.5. The summed E-state index contributed by atoms with van der Waals surface area (Å²) < 4.78 is 5.30. The molecule has 2 heteroatoms. The van der Waals surface area contributed by atoms with Gasteiger partial charge in [-0.3, -0.25) is 0 Å². The van der Waals surface area contributed by atoms with Gasteiger partial charge < -0.3 is 4.74 Å². The van der Waals surface area contributed by atoms with Crippen molar-refractivity contribution in [2.45, 2.75) is 27.2 Å². The third-order valence-electron chi connectivity index (χ3n) is 1.47. The highest BCUT2D eigenvalue weighted by Gasteiger charge is 1.91. The molecule has 0 saturated heterocycles. The monoisotopic (exact) mass is 191 g/mol. The maximum atomic E-state index is 8.27. The number of rotatable bonds is 3. The van der Waals surface area contributed by atoms with E-state index >= 15 is 0 Å². The van der Waals surface area contributed by atoms with E-state index < -0.39 is 0 Å². The first-order valence-corrected chi connectivity index (χ1v) is 4.89. The van der Waals surface area contributed by atoms with Gasteiger partial charge in [0.25, 0.3) is 0 Å². The van der Waals surface area contributed by atoms with Crippen LogP contribution in [0.2, 0.25) is 0 Å². The maximum absolute atomic E-state index is 8.27. The van der Waals surface area contributed by atoms with Crippen molar-refractivity contribution >= 4 is 0 Å². The normalized spacial score (nSPS) is 8.14. The number of ether oxygens (including phenoxy) is 1. The van der Waals surface area contributed by atoms with Gasteiger partial charge in [-0.25, -0.2) is 0 Å². The van der Waals surface area contributed by atoms with Gasteiger partial charge >= 0.3 is 0 Å². The first-order valence-electron chi connectivity index (χ1n) is 4.89. The molecule has 14 heavy (non-hydrogen) atoms. The Bertz CT molecular complexity index is 289. The minimum atomic E-state index is 0.438. The molecular formula is C12H17NO. The van der Waals surface area contributed by atoms with Crippen LogP contribution in [0.4, 0.5) is 0 Å². The second-order valence-electron chi connectivity index (χ2n) is 2.57. The summed E-state index contributed by atoms with van der Waals surface area (Å²) in [5.41, 5.74) is 1.17. The zero-order chi connectivity index (χ0) is 10.8. The fraction of sp³-hybridized carbons (Fsp3) is 0.417. The molecule has 1 rings (SSSR count). The molecular weight excluding hydrogens is 174 g/mol. The predicted molar refractivity (Wildman–Crippen MR) is 58.3 cm³/mol. The van der Waals surface area contributed by atoms with Crippen LogP contribution in [0.3, 0.4) is 0 Å². The molecule has 2 nitrogen and oxygen atoms in total. The Labute approximate surface area is 86.1 Å². The van der Waals surface area contributed by atoms with E-state index in [1.807, 2.05) is 51.1 Å². The summed E-state index contributed by atoms with van der Waals surface area (Å²) in [7, 11) is 0. The lowest BCUT2D eigenvalue weighted by Gasteiger charge is -2.03. The Morgan fingerprint density at radius 2 is 2.07 bits per heavy atom. The third-order valence-corrected chi connectivity index (χ3v) is 1.47. The van der Waals surface area contributed by atoms with E-state index in [0.29, 0.717) is 13.0 Å². The van der Waals surface area contributed by atoms with Gasteiger partial charge in [-0.1, -0.05) is 26.0 Å². The van der Waals surface area contributed by atoms with Crippen LogP contribution in [0.15, 0.2) is 24.3 Å². The van der Waals surface area contributed by atoms with E-state index in [4.69, 9.17) is 10.00 Å². The van der Waals surface area contributed by atoms with Crippen molar-refractivity contribution in [2.24, 2.45) is 0 Å². The highest BCUT2D eigenvalue weighted by molar-refractivity contribution is 5.27. The van der Waals surface area contributed by atoms with Gasteiger partial charge in [0.2, 0.25) is 0 Å². The number of hydrogen-bond acceptors (Lipinski definition) is 2. The van der Waals surface area contributed by atoms with E-state index in [0.717, 1.165) is 5.75 Å². The Kier molecular flexibility index (Phi) is 7.26. The summed E-state index contributed by atoms with van der Waals surface area (Å²) in [6.45, 7) is 6.48. The molecule has 0 bridgehead atoms. The number of nitriles is 1. The Balaban J connectivity index is 0.000000791. The third kappa shape index (κ3) is 5.21. The van der Waals surface area contributed by atoms with Crippen LogP contribution in [-0.4, -0.2) is 6.61 Å². The minimum absolute atomic E-state index is 0.438. The quantitative estimate of drug-likeness (QED) is 0.687. The van der Waals surface area contributed by atoms with E-state index in [1.54, 1.807) is 0 Å². The Hall–Kier alpha value is -1.49. The predicted octanol–water partition coefficient (Wildman–Crippen LogP) is 3.31. The molecule has 0 atom stereocenters. The van der Waals surface area contributed by atoms with E-state index in [-0.39, 0.29) is 0 Å². The van der Waals surface area contributed by atoms with Crippen molar-refractivity contribution in [1.82, 2.24) is 0 Å². The number of benzene rings is 1. The lowest BCUT2D eigenvalue weighted by molar-refractivity contribution is 0.326. The van der Waals surface area contributed by atoms with Gasteiger partial charge in [-0.05, 0) is 24.6 Å². The summed E-state index contributed by atoms with van der Waals surface area (Å²) in [6.07, 6.45) is 0.438. The molecule has 0 N–H and O–H groups in total. The van der Waals surface area contributed by atoms with Crippen LogP contribution in [0.25, 0.3) is 0 Å². The molecule has 0 spiro atoms. The first-order chi connectivity index (χ1) is 6.83. The molecule has 0 saturated carbocycles. The summed E-state index contributed by atoms with van der Waals surface area (Å²) >= 11 is 0. The zero-order valence-electron chi connectivity index (χ0n) is 9.08. The first kappa shape index (κ1) is 12.5. The zero-order valence-corrected chi connectivity index (χ0v) is 9.08. The van der Waals surface area contributed by atoms with Crippen LogP contribution in [0, 0.1) is 18.3 Å². The maximum Gasteiger partial charge on any atom is 0.119 e. The van der Waals surface area contributed by atoms with E-state index in [2.05, 4.69) is 0 Å².